The zero-order chi connectivity index (χ0) is 16.4. The van der Waals surface area contributed by atoms with E-state index in [1.165, 1.54) is 28.0 Å². The number of benzene rings is 1. The van der Waals surface area contributed by atoms with Crippen molar-refractivity contribution in [2.45, 2.75) is 27.2 Å². The molecular formula is C18H18N2OS2. The highest BCUT2D eigenvalue weighted by molar-refractivity contribution is 7.14. The molecule has 0 saturated carbocycles. The van der Waals surface area contributed by atoms with Crippen LogP contribution in [0.3, 0.4) is 0 Å². The summed E-state index contributed by atoms with van der Waals surface area (Å²) >= 11 is 3.06. The van der Waals surface area contributed by atoms with Gasteiger partial charge in [-0.25, -0.2) is 4.98 Å². The second-order valence-corrected chi connectivity index (χ2v) is 7.28. The molecule has 2 heterocycles. The van der Waals surface area contributed by atoms with Crippen LogP contribution in [0, 0.1) is 20.8 Å². The van der Waals surface area contributed by atoms with E-state index in [9.17, 15) is 4.79 Å². The molecule has 0 fully saturated rings. The Morgan fingerprint density at radius 1 is 1.13 bits per heavy atom. The van der Waals surface area contributed by atoms with Crippen LogP contribution in [0.4, 0.5) is 5.13 Å². The fourth-order valence-electron chi connectivity index (χ4n) is 2.43. The van der Waals surface area contributed by atoms with E-state index < -0.39 is 0 Å². The quantitative estimate of drug-likeness (QED) is 0.726. The zero-order valence-corrected chi connectivity index (χ0v) is 15.0. The molecule has 1 N–H and O–H groups in total. The van der Waals surface area contributed by atoms with Crippen LogP contribution in [-0.4, -0.2) is 10.9 Å². The molecule has 2 aromatic heterocycles. The number of thiophene rings is 1. The van der Waals surface area contributed by atoms with E-state index >= 15 is 0 Å². The number of carbonyl (C=O) groups excluding carboxylic acids is 1. The molecule has 1 amide bonds. The van der Waals surface area contributed by atoms with Crippen LogP contribution in [0.2, 0.25) is 0 Å². The first-order valence-electron chi connectivity index (χ1n) is 7.37. The van der Waals surface area contributed by atoms with Crippen molar-refractivity contribution >= 4 is 33.7 Å². The lowest BCUT2D eigenvalue weighted by atomic mass is 9.99. The Bertz CT molecular complexity index is 835. The summed E-state index contributed by atoms with van der Waals surface area (Å²) in [7, 11) is 0. The number of rotatable bonds is 4. The number of hydrogen-bond donors (Lipinski definition) is 1. The average molecular weight is 342 g/mol. The van der Waals surface area contributed by atoms with Gasteiger partial charge in [-0.15, -0.1) is 11.3 Å². The largest absolute Gasteiger partial charge is 0.302 e. The van der Waals surface area contributed by atoms with Gasteiger partial charge in [0.25, 0.3) is 0 Å². The third-order valence-corrected chi connectivity index (χ3v) is 5.30. The van der Waals surface area contributed by atoms with Crippen molar-refractivity contribution in [1.82, 2.24) is 4.98 Å². The molecule has 0 aliphatic carbocycles. The molecule has 3 aromatic rings. The van der Waals surface area contributed by atoms with E-state index in [0.29, 0.717) is 11.6 Å². The minimum atomic E-state index is -0.0268. The van der Waals surface area contributed by atoms with Gasteiger partial charge in [-0.3, -0.25) is 4.79 Å². The van der Waals surface area contributed by atoms with Crippen LogP contribution in [0.25, 0.3) is 11.3 Å². The number of carbonyl (C=O) groups is 1. The number of aromatic nitrogens is 1. The number of thiazole rings is 1. The lowest BCUT2D eigenvalue weighted by Crippen LogP contribution is -2.13. The van der Waals surface area contributed by atoms with Gasteiger partial charge in [0.2, 0.25) is 5.91 Å². The molecule has 0 atom stereocenters. The molecule has 3 nitrogen and oxygen atoms in total. The molecular weight excluding hydrogens is 324 g/mol. The molecule has 0 aliphatic heterocycles. The third-order valence-electron chi connectivity index (χ3n) is 3.81. The topological polar surface area (TPSA) is 42.0 Å². The summed E-state index contributed by atoms with van der Waals surface area (Å²) in [6.45, 7) is 6.31. The van der Waals surface area contributed by atoms with Crippen molar-refractivity contribution in [3.05, 3.63) is 56.6 Å². The predicted molar refractivity (Wildman–Crippen MR) is 98.4 cm³/mol. The summed E-state index contributed by atoms with van der Waals surface area (Å²) in [5.41, 5.74) is 6.82. The Morgan fingerprint density at radius 3 is 2.65 bits per heavy atom. The summed E-state index contributed by atoms with van der Waals surface area (Å²) in [5.74, 6) is -0.0268. The Hall–Kier alpha value is -1.98. The number of amides is 1. The van der Waals surface area contributed by atoms with Crippen LogP contribution in [0.5, 0.6) is 0 Å². The van der Waals surface area contributed by atoms with E-state index in [4.69, 9.17) is 0 Å². The molecule has 0 spiro atoms. The summed E-state index contributed by atoms with van der Waals surface area (Å²) in [5, 5.41) is 9.51. The van der Waals surface area contributed by atoms with Gasteiger partial charge >= 0.3 is 0 Å². The Morgan fingerprint density at radius 2 is 1.91 bits per heavy atom. The molecule has 0 saturated heterocycles. The van der Waals surface area contributed by atoms with E-state index in [-0.39, 0.29) is 5.91 Å². The van der Waals surface area contributed by atoms with E-state index in [2.05, 4.69) is 43.2 Å². The highest BCUT2D eigenvalue weighted by Crippen LogP contribution is 2.29. The number of nitrogens with zero attached hydrogens (tertiary/aromatic N) is 1. The van der Waals surface area contributed by atoms with Gasteiger partial charge in [0, 0.05) is 10.9 Å². The van der Waals surface area contributed by atoms with Crippen LogP contribution in [0.1, 0.15) is 22.3 Å². The lowest BCUT2D eigenvalue weighted by molar-refractivity contribution is -0.115. The van der Waals surface area contributed by atoms with Crippen LogP contribution in [0.15, 0.2) is 34.3 Å². The highest BCUT2D eigenvalue weighted by atomic mass is 32.1. The first-order chi connectivity index (χ1) is 11.0. The predicted octanol–water partition coefficient (Wildman–Crippen LogP) is 4.98. The first-order valence-corrected chi connectivity index (χ1v) is 9.20. The molecule has 1 aromatic carbocycles. The molecule has 0 bridgehead atoms. The normalized spacial score (nSPS) is 10.7. The first kappa shape index (κ1) is 15.9. The lowest BCUT2D eigenvalue weighted by Gasteiger charge is -2.07. The van der Waals surface area contributed by atoms with Gasteiger partial charge in [0.1, 0.15) is 0 Å². The summed E-state index contributed by atoms with van der Waals surface area (Å²) in [4.78, 5) is 16.6. The van der Waals surface area contributed by atoms with Crippen LogP contribution >= 0.6 is 22.7 Å². The van der Waals surface area contributed by atoms with Gasteiger partial charge in [-0.2, -0.15) is 11.3 Å². The molecule has 0 radical (unpaired) electrons. The molecule has 23 heavy (non-hydrogen) atoms. The van der Waals surface area contributed by atoms with Gasteiger partial charge in [0.15, 0.2) is 5.13 Å². The van der Waals surface area contributed by atoms with Gasteiger partial charge in [0.05, 0.1) is 12.1 Å². The Kier molecular flexibility index (Phi) is 4.59. The minimum absolute atomic E-state index is 0.0268. The van der Waals surface area contributed by atoms with Crippen molar-refractivity contribution in [3.8, 4) is 11.3 Å². The molecule has 0 aliphatic rings. The number of hydrogen-bond acceptors (Lipinski definition) is 4. The van der Waals surface area contributed by atoms with Crippen molar-refractivity contribution in [3.63, 3.8) is 0 Å². The maximum absolute atomic E-state index is 12.1. The van der Waals surface area contributed by atoms with Crippen molar-refractivity contribution in [2.75, 3.05) is 5.32 Å². The summed E-state index contributed by atoms with van der Waals surface area (Å²) in [6.07, 6.45) is 0.390. The molecule has 3 rings (SSSR count). The maximum atomic E-state index is 12.1. The van der Waals surface area contributed by atoms with Crippen LogP contribution < -0.4 is 5.32 Å². The van der Waals surface area contributed by atoms with Crippen LogP contribution in [-0.2, 0) is 11.2 Å². The maximum Gasteiger partial charge on any atom is 0.230 e. The molecule has 0 unspecified atom stereocenters. The number of aryl methyl sites for hydroxylation is 3. The highest BCUT2D eigenvalue weighted by Gasteiger charge is 2.11. The Labute approximate surface area is 144 Å². The second-order valence-electron chi connectivity index (χ2n) is 5.65. The third kappa shape index (κ3) is 3.68. The Balaban J connectivity index is 1.75. The minimum Gasteiger partial charge on any atom is -0.302 e. The van der Waals surface area contributed by atoms with Gasteiger partial charge < -0.3 is 5.32 Å². The second kappa shape index (κ2) is 6.64. The SMILES string of the molecule is Cc1cc(C)c(-c2csc(NC(=O)Cc3ccsc3)n2)cc1C. The van der Waals surface area contributed by atoms with E-state index in [0.717, 1.165) is 16.8 Å². The zero-order valence-electron chi connectivity index (χ0n) is 13.3. The average Bonchev–Trinajstić information content (AvgIpc) is 3.15. The number of nitrogens with one attached hydrogen (secondary N) is 1. The van der Waals surface area contributed by atoms with Crippen molar-refractivity contribution < 1.29 is 4.79 Å². The monoisotopic (exact) mass is 342 g/mol. The van der Waals surface area contributed by atoms with Crippen molar-refractivity contribution in [2.24, 2.45) is 0 Å². The molecule has 118 valence electrons. The standard InChI is InChI=1S/C18H18N2OS2/c1-11-6-13(3)15(7-12(11)2)16-10-23-18(19-16)20-17(21)8-14-4-5-22-9-14/h4-7,9-10H,8H2,1-3H3,(H,19,20,21). The fourth-order valence-corrected chi connectivity index (χ4v) is 3.83. The van der Waals surface area contributed by atoms with Gasteiger partial charge in [-0.1, -0.05) is 6.07 Å². The summed E-state index contributed by atoms with van der Waals surface area (Å²) in [6, 6.07) is 6.31. The fraction of sp³-hybridized carbons (Fsp3) is 0.222. The van der Waals surface area contributed by atoms with Gasteiger partial charge in [-0.05, 0) is 65.9 Å². The van der Waals surface area contributed by atoms with E-state index in [1.54, 1.807) is 11.3 Å². The van der Waals surface area contributed by atoms with Crippen molar-refractivity contribution in [1.29, 1.82) is 0 Å². The smallest absolute Gasteiger partial charge is 0.230 e. The summed E-state index contributed by atoms with van der Waals surface area (Å²) < 4.78 is 0. The van der Waals surface area contributed by atoms with E-state index in [1.807, 2.05) is 22.2 Å². The number of anilines is 1. The molecule has 5 heteroatoms.